The molecule has 16 heavy (non-hydrogen) atoms. The van der Waals surface area contributed by atoms with Gasteiger partial charge >= 0.3 is 5.97 Å². The topological polar surface area (TPSA) is 44.8 Å². The van der Waals surface area contributed by atoms with Crippen molar-refractivity contribution in [3.05, 3.63) is 30.3 Å². The summed E-state index contributed by atoms with van der Waals surface area (Å²) in [6.45, 7) is 5.20. The SMILES string of the molecule is CC(C)(C)OOC(=O)COc1ccccc1. The first-order chi connectivity index (χ1) is 7.47. The van der Waals surface area contributed by atoms with Crippen molar-refractivity contribution in [1.29, 1.82) is 0 Å². The van der Waals surface area contributed by atoms with Gasteiger partial charge in [0.05, 0.1) is 0 Å². The van der Waals surface area contributed by atoms with Gasteiger partial charge in [0.15, 0.2) is 6.61 Å². The van der Waals surface area contributed by atoms with Crippen molar-refractivity contribution in [3.8, 4) is 5.75 Å². The minimum absolute atomic E-state index is 0.167. The Morgan fingerprint density at radius 3 is 2.38 bits per heavy atom. The minimum Gasteiger partial charge on any atom is -0.482 e. The van der Waals surface area contributed by atoms with Gasteiger partial charge in [-0.3, -0.25) is 4.89 Å². The predicted molar refractivity (Wildman–Crippen MR) is 58.9 cm³/mol. The lowest BCUT2D eigenvalue weighted by molar-refractivity contribution is -0.321. The van der Waals surface area contributed by atoms with Crippen molar-refractivity contribution in [2.75, 3.05) is 6.61 Å². The number of hydrogen-bond acceptors (Lipinski definition) is 4. The molecule has 0 aliphatic rings. The predicted octanol–water partition coefficient (Wildman–Crippen LogP) is 2.34. The number of carbonyl (C=O) groups excluding carboxylic acids is 1. The molecule has 0 radical (unpaired) electrons. The van der Waals surface area contributed by atoms with E-state index in [-0.39, 0.29) is 6.61 Å². The van der Waals surface area contributed by atoms with E-state index in [1.54, 1.807) is 32.9 Å². The highest BCUT2D eigenvalue weighted by Crippen LogP contribution is 2.09. The Bertz CT molecular complexity index is 327. The molecule has 1 rings (SSSR count). The highest BCUT2D eigenvalue weighted by molar-refractivity contribution is 5.70. The summed E-state index contributed by atoms with van der Waals surface area (Å²) >= 11 is 0. The highest BCUT2D eigenvalue weighted by Gasteiger charge is 2.15. The summed E-state index contributed by atoms with van der Waals surface area (Å²) in [5.41, 5.74) is -0.512. The number of ether oxygens (including phenoxy) is 1. The zero-order valence-electron chi connectivity index (χ0n) is 9.73. The molecular formula is C12H16O4. The van der Waals surface area contributed by atoms with E-state index in [1.807, 2.05) is 18.2 Å². The van der Waals surface area contributed by atoms with Crippen LogP contribution in [0, 0.1) is 0 Å². The van der Waals surface area contributed by atoms with Crippen molar-refractivity contribution in [1.82, 2.24) is 0 Å². The molecule has 1 aromatic rings. The van der Waals surface area contributed by atoms with Gasteiger partial charge in [0.25, 0.3) is 0 Å². The number of para-hydroxylation sites is 1. The van der Waals surface area contributed by atoms with Crippen LogP contribution in [0.25, 0.3) is 0 Å². The lowest BCUT2D eigenvalue weighted by Crippen LogP contribution is -2.24. The Kier molecular flexibility index (Phi) is 4.31. The second-order valence-corrected chi connectivity index (χ2v) is 4.25. The third kappa shape index (κ3) is 5.36. The van der Waals surface area contributed by atoms with Crippen molar-refractivity contribution in [2.45, 2.75) is 26.4 Å². The molecule has 1 aromatic carbocycles. The van der Waals surface area contributed by atoms with Gasteiger partial charge in [-0.25, -0.2) is 4.79 Å². The zero-order chi connectivity index (χ0) is 12.0. The summed E-state index contributed by atoms with van der Waals surface area (Å²) in [7, 11) is 0. The standard InChI is InChI=1S/C12H16O4/c1-12(2,3)16-15-11(13)9-14-10-7-5-4-6-8-10/h4-8H,9H2,1-3H3. The van der Waals surface area contributed by atoms with Crippen LogP contribution in [0.15, 0.2) is 30.3 Å². The van der Waals surface area contributed by atoms with E-state index < -0.39 is 11.6 Å². The maximum absolute atomic E-state index is 11.2. The van der Waals surface area contributed by atoms with Crippen LogP contribution in [0.4, 0.5) is 0 Å². The summed E-state index contributed by atoms with van der Waals surface area (Å²) in [6.07, 6.45) is 0. The second-order valence-electron chi connectivity index (χ2n) is 4.25. The van der Waals surface area contributed by atoms with E-state index in [4.69, 9.17) is 9.62 Å². The highest BCUT2D eigenvalue weighted by atomic mass is 17.2. The molecule has 0 unspecified atom stereocenters. The van der Waals surface area contributed by atoms with Crippen molar-refractivity contribution in [3.63, 3.8) is 0 Å². The summed E-state index contributed by atoms with van der Waals surface area (Å²) in [5.74, 6) is 0.0639. The number of benzene rings is 1. The van der Waals surface area contributed by atoms with Crippen LogP contribution >= 0.6 is 0 Å². The molecule has 0 aliphatic carbocycles. The first-order valence-electron chi connectivity index (χ1n) is 5.04. The monoisotopic (exact) mass is 224 g/mol. The molecule has 0 aliphatic heterocycles. The summed E-state index contributed by atoms with van der Waals surface area (Å²) in [5, 5.41) is 0. The minimum atomic E-state index is -0.557. The Morgan fingerprint density at radius 1 is 1.19 bits per heavy atom. The Morgan fingerprint density at radius 2 is 1.81 bits per heavy atom. The van der Waals surface area contributed by atoms with Crippen LogP contribution in [-0.2, 0) is 14.6 Å². The molecule has 0 saturated heterocycles. The van der Waals surface area contributed by atoms with E-state index in [1.165, 1.54) is 0 Å². The molecule has 0 bridgehead atoms. The molecule has 0 N–H and O–H groups in total. The third-order valence-electron chi connectivity index (χ3n) is 1.48. The molecule has 0 spiro atoms. The molecule has 0 saturated carbocycles. The van der Waals surface area contributed by atoms with Crippen LogP contribution in [-0.4, -0.2) is 18.2 Å². The van der Waals surface area contributed by atoms with E-state index in [0.717, 1.165) is 0 Å². The van der Waals surface area contributed by atoms with Gasteiger partial charge < -0.3 is 4.74 Å². The van der Waals surface area contributed by atoms with E-state index >= 15 is 0 Å². The summed E-state index contributed by atoms with van der Waals surface area (Å²) < 4.78 is 5.18. The Hall–Kier alpha value is -1.55. The average Bonchev–Trinajstić information content (AvgIpc) is 2.24. The maximum atomic E-state index is 11.2. The van der Waals surface area contributed by atoms with Gasteiger partial charge in [-0.1, -0.05) is 18.2 Å². The van der Waals surface area contributed by atoms with Crippen LogP contribution in [0.5, 0.6) is 5.75 Å². The number of rotatable bonds is 4. The quantitative estimate of drug-likeness (QED) is 0.581. The van der Waals surface area contributed by atoms with Crippen molar-refractivity contribution in [2.24, 2.45) is 0 Å². The largest absolute Gasteiger partial charge is 0.482 e. The second kappa shape index (κ2) is 5.51. The fourth-order valence-corrected chi connectivity index (χ4v) is 0.855. The molecule has 0 fully saturated rings. The van der Waals surface area contributed by atoms with Crippen LogP contribution < -0.4 is 4.74 Å². The van der Waals surface area contributed by atoms with Crippen LogP contribution in [0.3, 0.4) is 0 Å². The van der Waals surface area contributed by atoms with Crippen LogP contribution in [0.2, 0.25) is 0 Å². The normalized spacial score (nSPS) is 10.9. The first-order valence-corrected chi connectivity index (χ1v) is 5.04. The zero-order valence-corrected chi connectivity index (χ0v) is 9.73. The summed E-state index contributed by atoms with van der Waals surface area (Å²) in [4.78, 5) is 20.6. The van der Waals surface area contributed by atoms with Gasteiger partial charge in [-0.15, -0.1) is 0 Å². The lowest BCUT2D eigenvalue weighted by atomic mass is 10.2. The van der Waals surface area contributed by atoms with Crippen molar-refractivity contribution < 1.29 is 19.3 Å². The fourth-order valence-electron chi connectivity index (χ4n) is 0.855. The lowest BCUT2D eigenvalue weighted by Gasteiger charge is -2.16. The van der Waals surface area contributed by atoms with Gasteiger partial charge in [-0.2, -0.15) is 4.89 Å². The molecular weight excluding hydrogens is 208 g/mol. The van der Waals surface area contributed by atoms with E-state index in [2.05, 4.69) is 4.89 Å². The smallest absolute Gasteiger partial charge is 0.379 e. The molecule has 0 atom stereocenters. The van der Waals surface area contributed by atoms with Crippen molar-refractivity contribution >= 4 is 5.97 Å². The maximum Gasteiger partial charge on any atom is 0.379 e. The molecule has 0 aromatic heterocycles. The van der Waals surface area contributed by atoms with Gasteiger partial charge in [0.2, 0.25) is 0 Å². The van der Waals surface area contributed by atoms with Crippen LogP contribution in [0.1, 0.15) is 20.8 Å². The Labute approximate surface area is 95.1 Å². The fraction of sp³-hybridized carbons (Fsp3) is 0.417. The summed E-state index contributed by atoms with van der Waals surface area (Å²) in [6, 6.07) is 9.04. The van der Waals surface area contributed by atoms with Gasteiger partial charge in [0.1, 0.15) is 11.4 Å². The van der Waals surface area contributed by atoms with Gasteiger partial charge in [-0.05, 0) is 32.9 Å². The van der Waals surface area contributed by atoms with Gasteiger partial charge in [0, 0.05) is 0 Å². The third-order valence-corrected chi connectivity index (χ3v) is 1.48. The molecule has 88 valence electrons. The first kappa shape index (κ1) is 12.5. The number of carbonyl (C=O) groups is 1. The number of hydrogen-bond donors (Lipinski definition) is 0. The average molecular weight is 224 g/mol. The molecule has 4 heteroatoms. The van der Waals surface area contributed by atoms with E-state index in [0.29, 0.717) is 5.75 Å². The Balaban J connectivity index is 2.26. The molecule has 0 amide bonds. The molecule has 0 heterocycles. The van der Waals surface area contributed by atoms with E-state index in [9.17, 15) is 4.79 Å². The molecule has 4 nitrogen and oxygen atoms in total.